The van der Waals surface area contributed by atoms with Gasteiger partial charge in [0.2, 0.25) is 5.91 Å². The molecule has 7 nitrogen and oxygen atoms in total. The largest absolute Gasteiger partial charge is 0.497 e. The molecule has 1 N–H and O–H groups in total. The average molecular weight is 419 g/mol. The van der Waals surface area contributed by atoms with Crippen molar-refractivity contribution in [3.05, 3.63) is 47.5 Å². The Morgan fingerprint density at radius 1 is 1.18 bits per heavy atom. The van der Waals surface area contributed by atoms with Crippen LogP contribution >= 0.6 is 23.4 Å². The van der Waals surface area contributed by atoms with Gasteiger partial charge in [-0.1, -0.05) is 35.5 Å². The monoisotopic (exact) mass is 418 g/mol. The Morgan fingerprint density at radius 3 is 2.71 bits per heavy atom. The molecule has 0 radical (unpaired) electrons. The van der Waals surface area contributed by atoms with E-state index in [-0.39, 0.29) is 11.7 Å². The first-order chi connectivity index (χ1) is 13.5. The molecule has 1 aromatic heterocycles. The fourth-order valence-electron chi connectivity index (χ4n) is 2.55. The molecular formula is C19H19ClN4O3S. The number of benzene rings is 2. The standard InChI is InChI=1S/C19H19ClN4O3S/c1-24-18(12-5-4-6-13(20)9-12)22-23-19(24)28-11-17(25)21-15-10-14(26-2)7-8-16(15)27-3/h4-10H,11H2,1-3H3,(H,21,25). The number of hydrogen-bond acceptors (Lipinski definition) is 6. The Balaban J connectivity index is 1.67. The molecule has 1 heterocycles. The maximum atomic E-state index is 12.4. The summed E-state index contributed by atoms with van der Waals surface area (Å²) in [6.07, 6.45) is 0. The van der Waals surface area contributed by atoms with Crippen LogP contribution in [0.1, 0.15) is 0 Å². The lowest BCUT2D eigenvalue weighted by Gasteiger charge is -2.11. The zero-order chi connectivity index (χ0) is 20.1. The molecule has 9 heteroatoms. The van der Waals surface area contributed by atoms with Gasteiger partial charge in [-0.25, -0.2) is 0 Å². The van der Waals surface area contributed by atoms with E-state index in [0.717, 1.165) is 5.56 Å². The predicted octanol–water partition coefficient (Wildman–Crippen LogP) is 3.88. The quantitative estimate of drug-likeness (QED) is 0.586. The van der Waals surface area contributed by atoms with E-state index in [0.29, 0.717) is 33.2 Å². The highest BCUT2D eigenvalue weighted by molar-refractivity contribution is 7.99. The number of hydrogen-bond donors (Lipinski definition) is 1. The van der Waals surface area contributed by atoms with Crippen LogP contribution in [-0.4, -0.2) is 40.6 Å². The molecule has 0 aliphatic carbocycles. The number of carbonyl (C=O) groups is 1. The van der Waals surface area contributed by atoms with Crippen LogP contribution in [0, 0.1) is 0 Å². The molecule has 2 aromatic carbocycles. The van der Waals surface area contributed by atoms with E-state index in [1.165, 1.54) is 11.8 Å². The van der Waals surface area contributed by atoms with E-state index in [2.05, 4.69) is 15.5 Å². The highest BCUT2D eigenvalue weighted by Crippen LogP contribution is 2.29. The Hall–Kier alpha value is -2.71. The molecule has 0 aliphatic rings. The second kappa shape index (κ2) is 8.99. The van der Waals surface area contributed by atoms with Crippen LogP contribution in [0.25, 0.3) is 11.4 Å². The number of amides is 1. The summed E-state index contributed by atoms with van der Waals surface area (Å²) >= 11 is 7.33. The fraction of sp³-hybridized carbons (Fsp3) is 0.211. The topological polar surface area (TPSA) is 78.3 Å². The molecule has 0 bridgehead atoms. The summed E-state index contributed by atoms with van der Waals surface area (Å²) in [5, 5.41) is 12.5. The molecule has 3 rings (SSSR count). The molecule has 0 spiro atoms. The molecular weight excluding hydrogens is 400 g/mol. The first-order valence-electron chi connectivity index (χ1n) is 8.32. The van der Waals surface area contributed by atoms with Crippen molar-refractivity contribution in [3.8, 4) is 22.9 Å². The molecule has 1 amide bonds. The number of nitrogens with zero attached hydrogens (tertiary/aromatic N) is 3. The molecule has 0 atom stereocenters. The normalized spacial score (nSPS) is 10.6. The predicted molar refractivity (Wildman–Crippen MR) is 110 cm³/mol. The second-order valence-electron chi connectivity index (χ2n) is 5.78. The van der Waals surface area contributed by atoms with Crippen molar-refractivity contribution in [1.29, 1.82) is 0 Å². The minimum absolute atomic E-state index is 0.169. The third-order valence-electron chi connectivity index (χ3n) is 3.93. The van der Waals surface area contributed by atoms with Gasteiger partial charge >= 0.3 is 0 Å². The van der Waals surface area contributed by atoms with Crippen LogP contribution in [0.2, 0.25) is 5.02 Å². The molecule has 0 aliphatic heterocycles. The molecule has 0 fully saturated rings. The highest BCUT2D eigenvalue weighted by atomic mass is 35.5. The lowest BCUT2D eigenvalue weighted by Crippen LogP contribution is -2.15. The molecule has 146 valence electrons. The van der Waals surface area contributed by atoms with Gasteiger partial charge in [0.25, 0.3) is 0 Å². The highest BCUT2D eigenvalue weighted by Gasteiger charge is 2.14. The van der Waals surface area contributed by atoms with Crippen LogP contribution in [-0.2, 0) is 11.8 Å². The number of rotatable bonds is 7. The van der Waals surface area contributed by atoms with E-state index < -0.39 is 0 Å². The van der Waals surface area contributed by atoms with Crippen LogP contribution in [0.15, 0.2) is 47.6 Å². The van der Waals surface area contributed by atoms with Gasteiger partial charge in [0, 0.05) is 23.7 Å². The van der Waals surface area contributed by atoms with E-state index >= 15 is 0 Å². The number of carbonyl (C=O) groups excluding carboxylic acids is 1. The van der Waals surface area contributed by atoms with Gasteiger partial charge in [0.15, 0.2) is 11.0 Å². The number of thioether (sulfide) groups is 1. The van der Waals surface area contributed by atoms with Crippen molar-refractivity contribution in [3.63, 3.8) is 0 Å². The number of methoxy groups -OCH3 is 2. The fourth-order valence-corrected chi connectivity index (χ4v) is 3.45. The maximum absolute atomic E-state index is 12.4. The lowest BCUT2D eigenvalue weighted by atomic mass is 10.2. The first kappa shape index (κ1) is 20.0. The first-order valence-corrected chi connectivity index (χ1v) is 9.68. The molecule has 28 heavy (non-hydrogen) atoms. The summed E-state index contributed by atoms with van der Waals surface area (Å²) in [7, 11) is 4.96. The van der Waals surface area contributed by atoms with Gasteiger partial charge in [-0.15, -0.1) is 10.2 Å². The number of ether oxygens (including phenoxy) is 2. The molecule has 0 saturated carbocycles. The summed E-state index contributed by atoms with van der Waals surface area (Å²) in [6.45, 7) is 0. The summed E-state index contributed by atoms with van der Waals surface area (Å²) in [5.74, 6) is 1.84. The Bertz CT molecular complexity index is 993. The number of halogens is 1. The van der Waals surface area contributed by atoms with E-state index in [9.17, 15) is 4.79 Å². The SMILES string of the molecule is COc1ccc(OC)c(NC(=O)CSc2nnc(-c3cccc(Cl)c3)n2C)c1. The second-order valence-corrected chi connectivity index (χ2v) is 7.16. The van der Waals surface area contributed by atoms with Gasteiger partial charge in [-0.05, 0) is 24.3 Å². The lowest BCUT2D eigenvalue weighted by molar-refractivity contribution is -0.113. The minimum Gasteiger partial charge on any atom is -0.497 e. The smallest absolute Gasteiger partial charge is 0.234 e. The Kier molecular flexibility index (Phi) is 6.43. The van der Waals surface area contributed by atoms with E-state index in [1.807, 2.05) is 29.8 Å². The zero-order valence-electron chi connectivity index (χ0n) is 15.6. The zero-order valence-corrected chi connectivity index (χ0v) is 17.2. The van der Waals surface area contributed by atoms with Gasteiger partial charge < -0.3 is 19.4 Å². The Labute approximate surface area is 172 Å². The van der Waals surface area contributed by atoms with Crippen molar-refractivity contribution in [1.82, 2.24) is 14.8 Å². The summed E-state index contributed by atoms with van der Waals surface area (Å²) in [5.41, 5.74) is 1.41. The van der Waals surface area contributed by atoms with Crippen molar-refractivity contribution < 1.29 is 14.3 Å². The summed E-state index contributed by atoms with van der Waals surface area (Å²) in [4.78, 5) is 12.4. The molecule has 0 unspecified atom stereocenters. The van der Waals surface area contributed by atoms with E-state index in [4.69, 9.17) is 21.1 Å². The van der Waals surface area contributed by atoms with E-state index in [1.54, 1.807) is 38.5 Å². The van der Waals surface area contributed by atoms with Crippen LogP contribution < -0.4 is 14.8 Å². The molecule has 3 aromatic rings. The third kappa shape index (κ3) is 4.58. The van der Waals surface area contributed by atoms with Crippen LogP contribution in [0.5, 0.6) is 11.5 Å². The van der Waals surface area contributed by atoms with Gasteiger partial charge in [0.05, 0.1) is 25.7 Å². The van der Waals surface area contributed by atoms with Crippen molar-refractivity contribution in [2.75, 3.05) is 25.3 Å². The molecule has 0 saturated heterocycles. The van der Waals surface area contributed by atoms with Gasteiger partial charge in [-0.3, -0.25) is 4.79 Å². The van der Waals surface area contributed by atoms with Crippen molar-refractivity contribution in [2.24, 2.45) is 7.05 Å². The summed E-state index contributed by atoms with van der Waals surface area (Å²) < 4.78 is 12.3. The number of nitrogens with one attached hydrogen (secondary N) is 1. The average Bonchev–Trinajstić information content (AvgIpc) is 3.06. The van der Waals surface area contributed by atoms with Crippen molar-refractivity contribution in [2.45, 2.75) is 5.16 Å². The Morgan fingerprint density at radius 2 is 2.00 bits per heavy atom. The number of aromatic nitrogens is 3. The van der Waals surface area contributed by atoms with Gasteiger partial charge in [-0.2, -0.15) is 0 Å². The van der Waals surface area contributed by atoms with Crippen LogP contribution in [0.4, 0.5) is 5.69 Å². The maximum Gasteiger partial charge on any atom is 0.234 e. The minimum atomic E-state index is -0.191. The van der Waals surface area contributed by atoms with Crippen LogP contribution in [0.3, 0.4) is 0 Å². The third-order valence-corrected chi connectivity index (χ3v) is 5.19. The van der Waals surface area contributed by atoms with Crippen molar-refractivity contribution >= 4 is 35.0 Å². The summed E-state index contributed by atoms with van der Waals surface area (Å²) in [6, 6.07) is 12.6. The van der Waals surface area contributed by atoms with Gasteiger partial charge in [0.1, 0.15) is 11.5 Å². The number of anilines is 1.